The summed E-state index contributed by atoms with van der Waals surface area (Å²) in [4.78, 5) is 26.1. The third-order valence-corrected chi connectivity index (χ3v) is 17.0. The van der Waals surface area contributed by atoms with Gasteiger partial charge in [-0.25, -0.2) is 0 Å². The van der Waals surface area contributed by atoms with Crippen LogP contribution in [0.15, 0.2) is 0 Å². The van der Waals surface area contributed by atoms with Crippen LogP contribution in [0, 0.1) is 0 Å². The molecule has 3 aliphatic heterocycles. The second-order valence-corrected chi connectivity index (χ2v) is 24.3. The monoisotopic (exact) mass is 1210 g/mol. The van der Waals surface area contributed by atoms with Crippen LogP contribution in [0.1, 0.15) is 239 Å². The zero-order chi connectivity index (χ0) is 61.7. The molecule has 0 radical (unpaired) electrons. The van der Waals surface area contributed by atoms with Gasteiger partial charge >= 0.3 is 0 Å². The normalized spacial score (nSPS) is 29.8. The van der Waals surface area contributed by atoms with Gasteiger partial charge in [0, 0.05) is 6.92 Å². The van der Waals surface area contributed by atoms with Gasteiger partial charge in [-0.2, -0.15) is 0 Å². The molecule has 19 atom stereocenters. The third kappa shape index (κ3) is 28.4. The van der Waals surface area contributed by atoms with E-state index in [-0.39, 0.29) is 12.8 Å². The van der Waals surface area contributed by atoms with Crippen LogP contribution in [-0.2, 0) is 38.0 Å². The molecule has 14 N–H and O–H groups in total. The van der Waals surface area contributed by atoms with E-state index in [0.717, 1.165) is 64.7 Å². The molecule has 496 valence electrons. The number of aliphatic hydroxyl groups excluding tert-OH is 12. The molecule has 0 aromatic rings. The summed E-state index contributed by atoms with van der Waals surface area (Å²) in [5.74, 6) is -1.56. The number of hydrogen-bond acceptors (Lipinski definition) is 20. The molecule has 3 aliphatic rings. The number of carbonyl (C=O) groups is 2. The van der Waals surface area contributed by atoms with E-state index in [9.17, 15) is 70.9 Å². The highest BCUT2D eigenvalue weighted by atomic mass is 16.8. The predicted octanol–water partition coefficient (Wildman–Crippen LogP) is 4.47. The minimum atomic E-state index is -2.03. The number of carbonyl (C=O) groups excluding carboxylic acids is 2. The van der Waals surface area contributed by atoms with Gasteiger partial charge in [-0.1, -0.05) is 219 Å². The topological polar surface area (TPSA) is 356 Å². The summed E-state index contributed by atoms with van der Waals surface area (Å²) in [6.45, 7) is 2.27. The molecule has 84 heavy (non-hydrogen) atoms. The molecule has 3 fully saturated rings. The lowest BCUT2D eigenvalue weighted by Crippen LogP contribution is -2.69. The minimum Gasteiger partial charge on any atom is -0.394 e. The number of amides is 2. The first kappa shape index (κ1) is 76.5. The van der Waals surface area contributed by atoms with Crippen LogP contribution in [0.2, 0.25) is 0 Å². The number of hydrogen-bond donors (Lipinski definition) is 14. The number of nitrogens with one attached hydrogen (secondary N) is 2. The van der Waals surface area contributed by atoms with Crippen LogP contribution in [0.5, 0.6) is 0 Å². The van der Waals surface area contributed by atoms with Crippen LogP contribution in [0.4, 0.5) is 0 Å². The molecule has 0 aromatic heterocycles. The maximum absolute atomic E-state index is 13.8. The Morgan fingerprint density at radius 3 is 1.24 bits per heavy atom. The van der Waals surface area contributed by atoms with E-state index in [0.29, 0.717) is 12.8 Å². The Bertz CT molecular complexity index is 1640. The molecule has 0 bridgehead atoms. The van der Waals surface area contributed by atoms with E-state index in [1.807, 2.05) is 0 Å². The van der Waals surface area contributed by atoms with E-state index in [1.165, 1.54) is 135 Å². The zero-order valence-electron chi connectivity index (χ0n) is 51.5. The van der Waals surface area contributed by atoms with Crippen molar-refractivity contribution in [2.45, 2.75) is 355 Å². The molecular weight excluding hydrogens is 1090 g/mol. The first-order valence-corrected chi connectivity index (χ1v) is 33.0. The van der Waals surface area contributed by atoms with Crippen molar-refractivity contribution in [1.29, 1.82) is 0 Å². The molecule has 0 aromatic carbocycles. The molecule has 3 saturated heterocycles. The van der Waals surface area contributed by atoms with Crippen LogP contribution < -0.4 is 10.6 Å². The fourth-order valence-corrected chi connectivity index (χ4v) is 11.6. The van der Waals surface area contributed by atoms with Crippen LogP contribution >= 0.6 is 0 Å². The fraction of sp³-hybridized carbons (Fsp3) is 0.968. The molecular formula is C62H118N2O20. The average molecular weight is 1210 g/mol. The molecule has 22 heteroatoms. The highest BCUT2D eigenvalue weighted by Crippen LogP contribution is 2.34. The Kier molecular flexibility index (Phi) is 41.4. The maximum atomic E-state index is 13.8. The van der Waals surface area contributed by atoms with E-state index < -0.39 is 155 Å². The van der Waals surface area contributed by atoms with Gasteiger partial charge < -0.3 is 100 Å². The molecule has 19 unspecified atom stereocenters. The van der Waals surface area contributed by atoms with Gasteiger partial charge in [0.25, 0.3) is 0 Å². The van der Waals surface area contributed by atoms with Crippen molar-refractivity contribution in [2.24, 2.45) is 0 Å². The zero-order valence-corrected chi connectivity index (χ0v) is 51.5. The molecule has 0 saturated carbocycles. The molecule has 3 heterocycles. The summed E-state index contributed by atoms with van der Waals surface area (Å²) in [5, 5.41) is 136. The number of ether oxygens (including phenoxy) is 6. The third-order valence-electron chi connectivity index (χ3n) is 17.0. The highest BCUT2D eigenvalue weighted by Gasteiger charge is 2.55. The Hall–Kier alpha value is -1.78. The lowest BCUT2D eigenvalue weighted by atomic mass is 9.95. The lowest BCUT2D eigenvalue weighted by molar-refractivity contribution is -0.387. The number of rotatable bonds is 49. The molecule has 2 amide bonds. The van der Waals surface area contributed by atoms with E-state index >= 15 is 0 Å². The second kappa shape index (κ2) is 45.5. The number of aliphatic hydroxyl groups is 12. The van der Waals surface area contributed by atoms with Gasteiger partial charge in [0.2, 0.25) is 11.8 Å². The SMILES string of the molecule is CCCCCCCCCCCCCCCCCCCCCCC(O)C(=O)NC(COC1OC(CO)C(O)C(OC2OC(CO)C(O)C(O)C2NC(C)=O)C1OC1OC(CO)C(O)C(O)C1O)C(O)C(O)CCCCCCCCCCCCCC. The van der Waals surface area contributed by atoms with Gasteiger partial charge in [-0.3, -0.25) is 9.59 Å². The molecule has 0 aliphatic carbocycles. The van der Waals surface area contributed by atoms with Crippen molar-refractivity contribution in [3.05, 3.63) is 0 Å². The summed E-state index contributed by atoms with van der Waals surface area (Å²) in [6, 6.07) is -3.01. The van der Waals surface area contributed by atoms with Crippen molar-refractivity contribution in [3.63, 3.8) is 0 Å². The highest BCUT2D eigenvalue weighted by molar-refractivity contribution is 5.80. The second-order valence-electron chi connectivity index (χ2n) is 24.3. The van der Waals surface area contributed by atoms with Crippen molar-refractivity contribution >= 4 is 11.8 Å². The minimum absolute atomic E-state index is 0.122. The summed E-state index contributed by atoms with van der Waals surface area (Å²) in [5.41, 5.74) is 0. The van der Waals surface area contributed by atoms with Crippen molar-refractivity contribution in [3.8, 4) is 0 Å². The maximum Gasteiger partial charge on any atom is 0.249 e. The fourth-order valence-electron chi connectivity index (χ4n) is 11.6. The number of unbranched alkanes of at least 4 members (excludes halogenated alkanes) is 30. The lowest BCUT2D eigenvalue weighted by Gasteiger charge is -2.49. The molecule has 3 rings (SSSR count). The molecule has 0 spiro atoms. The van der Waals surface area contributed by atoms with E-state index in [2.05, 4.69) is 24.5 Å². The van der Waals surface area contributed by atoms with Gasteiger partial charge in [0.15, 0.2) is 18.9 Å². The van der Waals surface area contributed by atoms with Gasteiger partial charge in [0.1, 0.15) is 85.4 Å². The van der Waals surface area contributed by atoms with Gasteiger partial charge in [-0.15, -0.1) is 0 Å². The standard InChI is InChI=1S/C62H118N2O20/c1-4-6-8-10-12-14-16-18-19-20-21-22-23-24-25-27-29-31-33-35-37-45(70)59(78)64-43(50(71)44(69)36-34-32-30-28-26-17-15-13-11-9-7-5-2)41-79-62-58(84-61-56(77)55(76)52(73)47(39-66)81-61)57(53(74)48(40-67)82-62)83-60-49(63-42(3)68)54(75)51(72)46(38-65)80-60/h43-58,60-62,65-67,69-77H,4-41H2,1-3H3,(H,63,68)(H,64,78). The Morgan fingerprint density at radius 1 is 0.440 bits per heavy atom. The van der Waals surface area contributed by atoms with Crippen LogP contribution in [-0.4, -0.2) is 216 Å². The van der Waals surface area contributed by atoms with Gasteiger partial charge in [0.05, 0.1) is 38.6 Å². The quantitative estimate of drug-likeness (QED) is 0.0374. The Labute approximate surface area is 502 Å². The predicted molar refractivity (Wildman–Crippen MR) is 315 cm³/mol. The first-order valence-electron chi connectivity index (χ1n) is 33.0. The van der Waals surface area contributed by atoms with Gasteiger partial charge in [-0.05, 0) is 12.8 Å². The Morgan fingerprint density at radius 2 is 0.810 bits per heavy atom. The molecule has 22 nitrogen and oxygen atoms in total. The van der Waals surface area contributed by atoms with Crippen molar-refractivity contribution < 1.29 is 99.3 Å². The van der Waals surface area contributed by atoms with E-state index in [4.69, 9.17) is 28.4 Å². The summed E-state index contributed by atoms with van der Waals surface area (Å²) < 4.78 is 36.0. The van der Waals surface area contributed by atoms with Crippen molar-refractivity contribution in [2.75, 3.05) is 26.4 Å². The Balaban J connectivity index is 1.71. The largest absolute Gasteiger partial charge is 0.394 e. The average Bonchev–Trinajstić information content (AvgIpc) is 1.83. The smallest absolute Gasteiger partial charge is 0.249 e. The summed E-state index contributed by atoms with van der Waals surface area (Å²) in [6.07, 6.45) is 7.78. The van der Waals surface area contributed by atoms with Crippen molar-refractivity contribution in [1.82, 2.24) is 10.6 Å². The van der Waals surface area contributed by atoms with Crippen LogP contribution in [0.3, 0.4) is 0 Å². The summed E-state index contributed by atoms with van der Waals surface area (Å²) in [7, 11) is 0. The van der Waals surface area contributed by atoms with E-state index in [1.54, 1.807) is 0 Å². The first-order chi connectivity index (χ1) is 40.5. The summed E-state index contributed by atoms with van der Waals surface area (Å²) >= 11 is 0. The van der Waals surface area contributed by atoms with Crippen LogP contribution in [0.25, 0.3) is 0 Å².